The van der Waals surface area contributed by atoms with E-state index >= 15 is 0 Å². The summed E-state index contributed by atoms with van der Waals surface area (Å²) in [5, 5.41) is 2.78. The summed E-state index contributed by atoms with van der Waals surface area (Å²) in [4.78, 5) is 0. The number of benzene rings is 2. The molecular formula is C15H15F2NO2. The van der Waals surface area contributed by atoms with Gasteiger partial charge in [0.2, 0.25) is 0 Å². The molecule has 5 heteroatoms. The molecule has 0 saturated carbocycles. The minimum atomic E-state index is -0.490. The van der Waals surface area contributed by atoms with Crippen molar-refractivity contribution in [2.24, 2.45) is 0 Å². The molecule has 20 heavy (non-hydrogen) atoms. The number of ether oxygens (including phenoxy) is 2. The van der Waals surface area contributed by atoms with E-state index in [9.17, 15) is 8.78 Å². The normalized spacial score (nSPS) is 10.2. The van der Waals surface area contributed by atoms with Gasteiger partial charge in [-0.3, -0.25) is 0 Å². The Labute approximate surface area is 116 Å². The predicted molar refractivity (Wildman–Crippen MR) is 73.3 cm³/mol. The lowest BCUT2D eigenvalue weighted by Crippen LogP contribution is -2.12. The highest BCUT2D eigenvalue weighted by atomic mass is 19.1. The molecular weight excluding hydrogens is 264 g/mol. The Morgan fingerprint density at radius 1 is 1.00 bits per heavy atom. The van der Waals surface area contributed by atoms with Crippen LogP contribution in [0.1, 0.15) is 0 Å². The average Bonchev–Trinajstić information content (AvgIpc) is 2.47. The Kier molecular flexibility index (Phi) is 4.76. The van der Waals surface area contributed by atoms with Gasteiger partial charge in [0, 0.05) is 6.54 Å². The van der Waals surface area contributed by atoms with E-state index < -0.39 is 11.6 Å². The Morgan fingerprint density at radius 3 is 2.40 bits per heavy atom. The summed E-state index contributed by atoms with van der Waals surface area (Å²) in [7, 11) is 1.59. The van der Waals surface area contributed by atoms with Crippen molar-refractivity contribution in [3.63, 3.8) is 0 Å². The van der Waals surface area contributed by atoms with Gasteiger partial charge in [-0.05, 0) is 42.5 Å². The molecule has 3 nitrogen and oxygen atoms in total. The fraction of sp³-hybridized carbons (Fsp3) is 0.200. The monoisotopic (exact) mass is 279 g/mol. The maximum absolute atomic E-state index is 13.3. The van der Waals surface area contributed by atoms with E-state index in [1.165, 1.54) is 0 Å². The fourth-order valence-electron chi connectivity index (χ4n) is 1.66. The van der Waals surface area contributed by atoms with Gasteiger partial charge >= 0.3 is 0 Å². The van der Waals surface area contributed by atoms with Crippen LogP contribution in [0, 0.1) is 11.6 Å². The van der Waals surface area contributed by atoms with E-state index in [1.807, 2.05) is 0 Å². The summed E-state index contributed by atoms with van der Waals surface area (Å²) in [6.45, 7) is 0.703. The molecule has 2 rings (SSSR count). The first-order chi connectivity index (χ1) is 9.69. The summed E-state index contributed by atoms with van der Waals surface area (Å²) in [6, 6.07) is 10.4. The summed E-state index contributed by atoms with van der Waals surface area (Å²) in [5.41, 5.74) is 0.128. The minimum absolute atomic E-state index is 0.128. The molecule has 0 heterocycles. The SMILES string of the molecule is COc1ccc(OCCNc2cc(F)ccc2F)cc1. The molecule has 0 spiro atoms. The molecule has 0 radical (unpaired) electrons. The van der Waals surface area contributed by atoms with Gasteiger partial charge in [-0.2, -0.15) is 0 Å². The van der Waals surface area contributed by atoms with Crippen LogP contribution in [0.15, 0.2) is 42.5 Å². The molecule has 2 aromatic carbocycles. The fourth-order valence-corrected chi connectivity index (χ4v) is 1.66. The molecule has 0 fully saturated rings. The molecule has 0 aliphatic heterocycles. The number of methoxy groups -OCH3 is 1. The number of hydrogen-bond acceptors (Lipinski definition) is 3. The molecule has 1 N–H and O–H groups in total. The zero-order chi connectivity index (χ0) is 14.4. The van der Waals surface area contributed by atoms with E-state index in [0.29, 0.717) is 18.9 Å². The molecule has 0 atom stereocenters. The largest absolute Gasteiger partial charge is 0.497 e. The van der Waals surface area contributed by atoms with Gasteiger partial charge in [-0.15, -0.1) is 0 Å². The van der Waals surface area contributed by atoms with Crippen LogP contribution < -0.4 is 14.8 Å². The van der Waals surface area contributed by atoms with Crippen LogP contribution in [0.25, 0.3) is 0 Å². The minimum Gasteiger partial charge on any atom is -0.497 e. The van der Waals surface area contributed by atoms with Gasteiger partial charge in [-0.1, -0.05) is 0 Å². The third-order valence-electron chi connectivity index (χ3n) is 2.67. The Hall–Kier alpha value is -2.30. The standard InChI is InChI=1S/C15H15F2NO2/c1-19-12-3-5-13(6-4-12)20-9-8-18-15-10-11(16)2-7-14(15)17/h2-7,10,18H,8-9H2,1H3. The molecule has 0 saturated heterocycles. The van der Waals surface area contributed by atoms with E-state index in [0.717, 1.165) is 23.9 Å². The van der Waals surface area contributed by atoms with Gasteiger partial charge in [-0.25, -0.2) is 8.78 Å². The van der Waals surface area contributed by atoms with Crippen LogP contribution in [0.3, 0.4) is 0 Å². The van der Waals surface area contributed by atoms with Crippen molar-refractivity contribution in [3.8, 4) is 11.5 Å². The number of hydrogen-bond donors (Lipinski definition) is 1. The second-order valence-electron chi connectivity index (χ2n) is 4.07. The summed E-state index contributed by atoms with van der Waals surface area (Å²) < 4.78 is 36.8. The van der Waals surface area contributed by atoms with Gasteiger partial charge in [0.15, 0.2) is 0 Å². The molecule has 2 aromatic rings. The Balaban J connectivity index is 1.79. The third-order valence-corrected chi connectivity index (χ3v) is 2.67. The van der Waals surface area contributed by atoms with Crippen LogP contribution in [-0.2, 0) is 0 Å². The molecule has 0 aliphatic carbocycles. The van der Waals surface area contributed by atoms with Crippen molar-refractivity contribution in [1.82, 2.24) is 0 Å². The lowest BCUT2D eigenvalue weighted by Gasteiger charge is -2.09. The quantitative estimate of drug-likeness (QED) is 0.821. The summed E-state index contributed by atoms with van der Waals surface area (Å²) in [5.74, 6) is 0.463. The number of halogens is 2. The zero-order valence-corrected chi connectivity index (χ0v) is 11.0. The third kappa shape index (κ3) is 3.85. The van der Waals surface area contributed by atoms with Crippen molar-refractivity contribution in [1.29, 1.82) is 0 Å². The van der Waals surface area contributed by atoms with Crippen LogP contribution in [-0.4, -0.2) is 20.3 Å². The van der Waals surface area contributed by atoms with Crippen molar-refractivity contribution >= 4 is 5.69 Å². The van der Waals surface area contributed by atoms with Gasteiger partial charge in [0.1, 0.15) is 29.7 Å². The van der Waals surface area contributed by atoms with Crippen LogP contribution in [0.5, 0.6) is 11.5 Å². The molecule has 0 aliphatic rings. The van der Waals surface area contributed by atoms with Crippen molar-refractivity contribution in [2.75, 3.05) is 25.6 Å². The Morgan fingerprint density at radius 2 is 1.70 bits per heavy atom. The number of nitrogens with one attached hydrogen (secondary N) is 1. The van der Waals surface area contributed by atoms with Gasteiger partial charge in [0.05, 0.1) is 12.8 Å². The maximum atomic E-state index is 13.3. The molecule has 106 valence electrons. The van der Waals surface area contributed by atoms with Crippen molar-refractivity contribution in [2.45, 2.75) is 0 Å². The molecule has 0 bridgehead atoms. The second-order valence-corrected chi connectivity index (χ2v) is 4.07. The van der Waals surface area contributed by atoms with E-state index in [1.54, 1.807) is 31.4 Å². The topological polar surface area (TPSA) is 30.5 Å². The highest BCUT2D eigenvalue weighted by molar-refractivity contribution is 5.44. The van der Waals surface area contributed by atoms with E-state index in [2.05, 4.69) is 5.32 Å². The molecule has 0 aromatic heterocycles. The zero-order valence-electron chi connectivity index (χ0n) is 11.0. The summed E-state index contributed by atoms with van der Waals surface area (Å²) in [6.07, 6.45) is 0. The van der Waals surface area contributed by atoms with Gasteiger partial charge < -0.3 is 14.8 Å². The first-order valence-electron chi connectivity index (χ1n) is 6.15. The smallest absolute Gasteiger partial charge is 0.146 e. The molecule has 0 amide bonds. The van der Waals surface area contributed by atoms with Crippen molar-refractivity contribution in [3.05, 3.63) is 54.1 Å². The second kappa shape index (κ2) is 6.75. The Bertz CT molecular complexity index is 558. The number of rotatable bonds is 6. The molecule has 0 unspecified atom stereocenters. The lowest BCUT2D eigenvalue weighted by atomic mass is 10.3. The first-order valence-corrected chi connectivity index (χ1v) is 6.15. The van der Waals surface area contributed by atoms with Crippen LogP contribution in [0.4, 0.5) is 14.5 Å². The van der Waals surface area contributed by atoms with E-state index in [4.69, 9.17) is 9.47 Å². The first kappa shape index (κ1) is 14.1. The van der Waals surface area contributed by atoms with Crippen LogP contribution in [0.2, 0.25) is 0 Å². The average molecular weight is 279 g/mol. The van der Waals surface area contributed by atoms with Crippen LogP contribution >= 0.6 is 0 Å². The predicted octanol–water partition coefficient (Wildman–Crippen LogP) is 3.46. The summed E-state index contributed by atoms with van der Waals surface area (Å²) >= 11 is 0. The highest BCUT2D eigenvalue weighted by Gasteiger charge is 2.02. The van der Waals surface area contributed by atoms with Crippen molar-refractivity contribution < 1.29 is 18.3 Å². The lowest BCUT2D eigenvalue weighted by molar-refractivity contribution is 0.331. The van der Waals surface area contributed by atoms with E-state index in [-0.39, 0.29) is 5.69 Å². The highest BCUT2D eigenvalue weighted by Crippen LogP contribution is 2.17. The maximum Gasteiger partial charge on any atom is 0.146 e. The number of anilines is 1. The van der Waals surface area contributed by atoms with Gasteiger partial charge in [0.25, 0.3) is 0 Å².